The average Bonchev–Trinajstić information content (AvgIpc) is 2.90. The highest BCUT2D eigenvalue weighted by Gasteiger charge is 2.28. The first-order valence-corrected chi connectivity index (χ1v) is 13.6. The van der Waals surface area contributed by atoms with Gasteiger partial charge in [0.05, 0.1) is 0 Å². The van der Waals surface area contributed by atoms with Crippen LogP contribution in [0.5, 0.6) is 5.75 Å². The molecule has 2 nitrogen and oxygen atoms in total. The quantitative estimate of drug-likeness (QED) is 0.117. The molecule has 4 rings (SSSR count). The summed E-state index contributed by atoms with van der Waals surface area (Å²) in [6.07, 6.45) is 8.77. The normalized spacial score (nSPS) is 18.3. The molecule has 0 N–H and O–H groups in total. The van der Waals surface area contributed by atoms with E-state index in [0.717, 1.165) is 44.2 Å². The van der Waals surface area contributed by atoms with Gasteiger partial charge in [-0.2, -0.15) is 0 Å². The van der Waals surface area contributed by atoms with E-state index >= 15 is 0 Å². The monoisotopic (exact) mass is 538 g/mol. The third-order valence-electron chi connectivity index (χ3n) is 7.76. The van der Waals surface area contributed by atoms with Crippen LogP contribution in [-0.2, 0) is 6.42 Å². The Morgan fingerprint density at radius 1 is 0.923 bits per heavy atom. The molecule has 1 aliphatic rings. The Labute approximate surface area is 227 Å². The molecule has 1 saturated carbocycles. The van der Waals surface area contributed by atoms with Gasteiger partial charge in [0.25, 0.3) is 0 Å². The fraction of sp³-hybridized carbons (Fsp3) is 0.364. The largest absolute Gasteiger partial charge is 0.423 e. The summed E-state index contributed by atoms with van der Waals surface area (Å²) in [7, 11) is 0. The van der Waals surface area contributed by atoms with Crippen molar-refractivity contribution in [1.29, 1.82) is 0 Å². The predicted octanol–water partition coefficient (Wildman–Crippen LogP) is 9.44. The molecule has 0 bridgehead atoms. The van der Waals surface area contributed by atoms with Crippen molar-refractivity contribution in [3.8, 4) is 5.75 Å². The fourth-order valence-corrected chi connectivity index (χ4v) is 5.60. The highest BCUT2D eigenvalue weighted by molar-refractivity contribution is 5.91. The Morgan fingerprint density at radius 2 is 1.54 bits per heavy atom. The number of ether oxygens (including phenoxy) is 1. The molecule has 206 valence electrons. The van der Waals surface area contributed by atoms with Crippen LogP contribution in [0, 0.1) is 29.2 Å². The molecular formula is C33H34F4O2. The topological polar surface area (TPSA) is 26.3 Å². The van der Waals surface area contributed by atoms with Crippen LogP contribution in [0.1, 0.15) is 91.3 Å². The highest BCUT2D eigenvalue weighted by Crippen LogP contribution is 2.40. The lowest BCUT2D eigenvalue weighted by Gasteiger charge is -2.30. The van der Waals surface area contributed by atoms with Gasteiger partial charge in [0, 0.05) is 17.7 Å². The predicted molar refractivity (Wildman–Crippen MR) is 145 cm³/mol. The first-order valence-electron chi connectivity index (χ1n) is 13.6. The zero-order chi connectivity index (χ0) is 27.9. The standard InChI is InChI=1S/C33H34F4O2/c1-3-4-6-11-27-28(34)19-26(20-29(27)35)39-33(38)32-30(36)17-25(18-31(32)37)24-14-12-22(13-15-24)16-21(2)23-9-7-5-8-10-23/h3-5,7-10,17-22,24H,6,11-16H2,1-2H3/t21-,22?,24?/m0/s1. The van der Waals surface area contributed by atoms with Gasteiger partial charge >= 0.3 is 5.97 Å². The van der Waals surface area contributed by atoms with Crippen LogP contribution >= 0.6 is 0 Å². The van der Waals surface area contributed by atoms with E-state index in [9.17, 15) is 22.4 Å². The van der Waals surface area contributed by atoms with Gasteiger partial charge in [-0.3, -0.25) is 0 Å². The molecule has 1 aliphatic carbocycles. The van der Waals surface area contributed by atoms with E-state index in [4.69, 9.17) is 4.74 Å². The number of allylic oxidation sites excluding steroid dienone is 2. The zero-order valence-electron chi connectivity index (χ0n) is 22.4. The minimum absolute atomic E-state index is 0.000594. The summed E-state index contributed by atoms with van der Waals surface area (Å²) < 4.78 is 63.7. The summed E-state index contributed by atoms with van der Waals surface area (Å²) in [5.74, 6) is -4.64. The molecule has 0 radical (unpaired) electrons. The second-order valence-corrected chi connectivity index (χ2v) is 10.5. The molecule has 1 atom stereocenters. The Hall–Kier alpha value is -3.41. The lowest BCUT2D eigenvalue weighted by molar-refractivity contribution is 0.0723. The van der Waals surface area contributed by atoms with Gasteiger partial charge in [-0.05, 0) is 92.9 Å². The van der Waals surface area contributed by atoms with E-state index in [1.54, 1.807) is 19.1 Å². The molecule has 0 spiro atoms. The Balaban J connectivity index is 1.39. The van der Waals surface area contributed by atoms with Crippen molar-refractivity contribution in [1.82, 2.24) is 0 Å². The van der Waals surface area contributed by atoms with E-state index in [1.807, 2.05) is 18.2 Å². The highest BCUT2D eigenvalue weighted by atomic mass is 19.1. The van der Waals surface area contributed by atoms with Crippen LogP contribution in [0.25, 0.3) is 0 Å². The molecule has 3 aromatic rings. The molecule has 0 aromatic heterocycles. The second kappa shape index (κ2) is 13.1. The number of rotatable bonds is 9. The molecule has 1 fully saturated rings. The minimum atomic E-state index is -1.34. The van der Waals surface area contributed by atoms with Crippen LogP contribution in [0.4, 0.5) is 17.6 Å². The van der Waals surface area contributed by atoms with E-state index in [1.165, 1.54) is 17.7 Å². The van der Waals surface area contributed by atoms with Gasteiger partial charge in [0.2, 0.25) is 0 Å². The summed E-state index contributed by atoms with van der Waals surface area (Å²) in [4.78, 5) is 12.6. The summed E-state index contributed by atoms with van der Waals surface area (Å²) in [5, 5.41) is 0. The van der Waals surface area contributed by atoms with Crippen LogP contribution in [0.2, 0.25) is 0 Å². The Morgan fingerprint density at radius 3 is 2.13 bits per heavy atom. The van der Waals surface area contributed by atoms with Gasteiger partial charge in [-0.1, -0.05) is 49.4 Å². The number of hydrogen-bond acceptors (Lipinski definition) is 2. The van der Waals surface area contributed by atoms with Crippen molar-refractivity contribution in [2.45, 2.75) is 70.6 Å². The summed E-state index contributed by atoms with van der Waals surface area (Å²) in [6, 6.07) is 14.5. The average molecular weight is 539 g/mol. The summed E-state index contributed by atoms with van der Waals surface area (Å²) >= 11 is 0. The molecule has 0 aliphatic heterocycles. The molecule has 3 aromatic carbocycles. The first kappa shape index (κ1) is 28.6. The first-order chi connectivity index (χ1) is 18.8. The number of hydrogen-bond donors (Lipinski definition) is 0. The van der Waals surface area contributed by atoms with Gasteiger partial charge in [-0.25, -0.2) is 22.4 Å². The maximum Gasteiger partial charge on any atom is 0.349 e. The molecule has 0 heterocycles. The molecular weight excluding hydrogens is 504 g/mol. The van der Waals surface area contributed by atoms with Gasteiger partial charge < -0.3 is 4.74 Å². The molecule has 0 saturated heterocycles. The molecule has 0 amide bonds. The number of benzene rings is 3. The zero-order valence-corrected chi connectivity index (χ0v) is 22.4. The molecule has 6 heteroatoms. The third-order valence-corrected chi connectivity index (χ3v) is 7.76. The van der Waals surface area contributed by atoms with Crippen LogP contribution < -0.4 is 4.74 Å². The van der Waals surface area contributed by atoms with Crippen LogP contribution in [0.3, 0.4) is 0 Å². The maximum absolute atomic E-state index is 15.0. The van der Waals surface area contributed by atoms with Crippen molar-refractivity contribution < 1.29 is 27.1 Å². The van der Waals surface area contributed by atoms with E-state index in [-0.39, 0.29) is 17.9 Å². The van der Waals surface area contributed by atoms with Crippen LogP contribution in [0.15, 0.2) is 66.7 Å². The minimum Gasteiger partial charge on any atom is -0.423 e. The van der Waals surface area contributed by atoms with Crippen molar-refractivity contribution in [3.05, 3.63) is 112 Å². The van der Waals surface area contributed by atoms with Crippen LogP contribution in [-0.4, -0.2) is 5.97 Å². The Bertz CT molecular complexity index is 1260. The van der Waals surface area contributed by atoms with Gasteiger partial charge in [0.15, 0.2) is 0 Å². The number of esters is 1. The van der Waals surface area contributed by atoms with Gasteiger partial charge in [-0.15, -0.1) is 0 Å². The van der Waals surface area contributed by atoms with E-state index in [2.05, 4.69) is 19.1 Å². The third kappa shape index (κ3) is 7.17. The number of halogens is 4. The lowest BCUT2D eigenvalue weighted by atomic mass is 9.75. The smallest absolute Gasteiger partial charge is 0.349 e. The second-order valence-electron chi connectivity index (χ2n) is 10.5. The Kier molecular flexibility index (Phi) is 9.60. The number of carbonyl (C=O) groups is 1. The van der Waals surface area contributed by atoms with E-state index in [0.29, 0.717) is 23.8 Å². The maximum atomic E-state index is 15.0. The summed E-state index contributed by atoms with van der Waals surface area (Å²) in [6.45, 7) is 4.03. The number of carbonyl (C=O) groups excluding carboxylic acids is 1. The van der Waals surface area contributed by atoms with Crippen molar-refractivity contribution in [3.63, 3.8) is 0 Å². The van der Waals surface area contributed by atoms with Crippen molar-refractivity contribution in [2.75, 3.05) is 0 Å². The molecule has 0 unspecified atom stereocenters. The van der Waals surface area contributed by atoms with Crippen molar-refractivity contribution in [2.24, 2.45) is 5.92 Å². The SMILES string of the molecule is CC=CCCc1c(F)cc(OC(=O)c2c(F)cc(C3CCC(C[C@H](C)c4ccccc4)CC3)cc2F)cc1F. The van der Waals surface area contributed by atoms with E-state index < -0.39 is 40.6 Å². The summed E-state index contributed by atoms with van der Waals surface area (Å²) in [5.41, 5.74) is 0.816. The van der Waals surface area contributed by atoms with Gasteiger partial charge in [0.1, 0.15) is 34.6 Å². The lowest BCUT2D eigenvalue weighted by Crippen LogP contribution is -2.17. The van der Waals surface area contributed by atoms with Crippen molar-refractivity contribution >= 4 is 5.97 Å². The fourth-order valence-electron chi connectivity index (χ4n) is 5.60. The molecule has 39 heavy (non-hydrogen) atoms.